The van der Waals surface area contributed by atoms with Gasteiger partial charge in [0, 0.05) is 43.2 Å². The van der Waals surface area contributed by atoms with Crippen LogP contribution in [0.15, 0.2) is 48.5 Å². The van der Waals surface area contributed by atoms with Crippen molar-refractivity contribution in [3.63, 3.8) is 0 Å². The first-order valence-corrected chi connectivity index (χ1v) is 13.8. The van der Waals surface area contributed by atoms with Gasteiger partial charge in [0.25, 0.3) is 0 Å². The van der Waals surface area contributed by atoms with Gasteiger partial charge < -0.3 is 24.8 Å². The van der Waals surface area contributed by atoms with Gasteiger partial charge >= 0.3 is 0 Å². The summed E-state index contributed by atoms with van der Waals surface area (Å²) in [6, 6.07) is 16.4. The van der Waals surface area contributed by atoms with Crippen LogP contribution in [-0.4, -0.2) is 65.7 Å². The highest BCUT2D eigenvalue weighted by molar-refractivity contribution is 5.88. The van der Waals surface area contributed by atoms with Crippen LogP contribution in [0.5, 0.6) is 0 Å². The number of nitrogens with one attached hydrogen (secondary N) is 1. The topological polar surface area (TPSA) is 74.3 Å². The molecule has 3 saturated heterocycles. The highest BCUT2D eigenvalue weighted by Crippen LogP contribution is 2.42. The van der Waals surface area contributed by atoms with E-state index < -0.39 is 6.29 Å². The lowest BCUT2D eigenvalue weighted by Crippen LogP contribution is -2.48. The fourth-order valence-electron chi connectivity index (χ4n) is 6.09. The van der Waals surface area contributed by atoms with Gasteiger partial charge in [-0.25, -0.2) is 0 Å². The molecule has 2 aromatic rings. The summed E-state index contributed by atoms with van der Waals surface area (Å²) in [5.74, 6) is 0.0789. The third kappa shape index (κ3) is 6.41. The molecule has 0 spiro atoms. The monoisotopic (exact) mass is 507 g/mol. The predicted molar refractivity (Wildman–Crippen MR) is 144 cm³/mol. The Morgan fingerprint density at radius 1 is 0.946 bits per heavy atom. The van der Waals surface area contributed by atoms with Crippen molar-refractivity contribution in [2.75, 3.05) is 38.0 Å². The fourth-order valence-corrected chi connectivity index (χ4v) is 6.09. The minimum Gasteiger partial charge on any atom is -0.392 e. The van der Waals surface area contributed by atoms with Gasteiger partial charge in [0.05, 0.1) is 18.8 Å². The van der Waals surface area contributed by atoms with Crippen LogP contribution in [0.1, 0.15) is 68.6 Å². The van der Waals surface area contributed by atoms with Crippen molar-refractivity contribution in [1.29, 1.82) is 0 Å². The average molecular weight is 508 g/mol. The Hall–Kier alpha value is -2.29. The molecule has 3 fully saturated rings. The second kappa shape index (κ2) is 12.0. The largest absolute Gasteiger partial charge is 0.392 e. The number of benzene rings is 2. The summed E-state index contributed by atoms with van der Waals surface area (Å²) in [5.41, 5.74) is 3.70. The molecule has 0 radical (unpaired) electrons. The minimum atomic E-state index is -0.491. The molecule has 200 valence electrons. The number of nitrogens with zero attached hydrogens (tertiary/aromatic N) is 2. The summed E-state index contributed by atoms with van der Waals surface area (Å²) in [6.45, 7) is 9.42. The average Bonchev–Trinajstić information content (AvgIpc) is 3.58. The van der Waals surface area contributed by atoms with Crippen molar-refractivity contribution in [2.24, 2.45) is 5.92 Å². The van der Waals surface area contributed by atoms with E-state index in [4.69, 9.17) is 9.47 Å². The van der Waals surface area contributed by atoms with E-state index in [0.717, 1.165) is 42.0 Å². The molecule has 5 rings (SSSR count). The number of aliphatic hydroxyl groups is 1. The van der Waals surface area contributed by atoms with Crippen LogP contribution in [0.3, 0.4) is 0 Å². The molecule has 1 amide bonds. The first kappa shape index (κ1) is 26.3. The normalized spacial score (nSPS) is 29.0. The van der Waals surface area contributed by atoms with E-state index in [0.29, 0.717) is 6.04 Å². The zero-order valence-corrected chi connectivity index (χ0v) is 22.1. The number of anilines is 1. The molecule has 3 aliphatic heterocycles. The number of carbonyl (C=O) groups is 1. The molecule has 3 heterocycles. The number of ether oxygens (including phenoxy) is 2. The number of rotatable bonds is 8. The molecule has 0 saturated carbocycles. The number of hydrogen-bond donors (Lipinski definition) is 2. The molecule has 2 N–H and O–H groups in total. The molecule has 3 aliphatic rings. The Labute approximate surface area is 220 Å². The van der Waals surface area contributed by atoms with E-state index >= 15 is 0 Å². The Morgan fingerprint density at radius 3 is 2.32 bits per heavy atom. The quantitative estimate of drug-likeness (QED) is 0.549. The Bertz CT molecular complexity index is 1020. The molecule has 2 aromatic carbocycles. The summed E-state index contributed by atoms with van der Waals surface area (Å²) in [7, 11) is 0. The second-order valence-electron chi connectivity index (χ2n) is 10.9. The Kier molecular flexibility index (Phi) is 8.57. The van der Waals surface area contributed by atoms with Crippen molar-refractivity contribution in [2.45, 2.75) is 70.7 Å². The summed E-state index contributed by atoms with van der Waals surface area (Å²) >= 11 is 0. The lowest BCUT2D eigenvalue weighted by Gasteiger charge is -2.43. The molecular weight excluding hydrogens is 466 g/mol. The maximum Gasteiger partial charge on any atom is 0.221 e. The summed E-state index contributed by atoms with van der Waals surface area (Å²) in [6.07, 6.45) is 4.57. The molecule has 0 aliphatic carbocycles. The minimum absolute atomic E-state index is 0.0236. The molecule has 5 atom stereocenters. The van der Waals surface area contributed by atoms with Gasteiger partial charge in [-0.1, -0.05) is 43.3 Å². The maximum atomic E-state index is 11.4. The number of amides is 1. The number of carbonyl (C=O) groups excluding carboxylic acids is 1. The fraction of sp³-hybridized carbons (Fsp3) is 0.567. The van der Waals surface area contributed by atoms with Gasteiger partial charge in [-0.15, -0.1) is 0 Å². The van der Waals surface area contributed by atoms with Crippen molar-refractivity contribution in [3.8, 4) is 0 Å². The van der Waals surface area contributed by atoms with Crippen molar-refractivity contribution < 1.29 is 19.4 Å². The molecule has 37 heavy (non-hydrogen) atoms. The van der Waals surface area contributed by atoms with Crippen LogP contribution in [0.2, 0.25) is 0 Å². The molecule has 0 bridgehead atoms. The van der Waals surface area contributed by atoms with Gasteiger partial charge in [0.15, 0.2) is 6.29 Å². The lowest BCUT2D eigenvalue weighted by molar-refractivity contribution is -0.276. The molecule has 7 nitrogen and oxygen atoms in total. The lowest BCUT2D eigenvalue weighted by atomic mass is 9.90. The van der Waals surface area contributed by atoms with Crippen molar-refractivity contribution >= 4 is 11.6 Å². The zero-order chi connectivity index (χ0) is 25.8. The molecular formula is C30H41N3O4. The smallest absolute Gasteiger partial charge is 0.221 e. The summed E-state index contributed by atoms with van der Waals surface area (Å²) < 4.78 is 13.3. The van der Waals surface area contributed by atoms with Crippen LogP contribution in [0.25, 0.3) is 0 Å². The van der Waals surface area contributed by atoms with Gasteiger partial charge in [0.1, 0.15) is 0 Å². The first-order valence-electron chi connectivity index (χ1n) is 13.8. The zero-order valence-electron chi connectivity index (χ0n) is 22.1. The second-order valence-corrected chi connectivity index (χ2v) is 10.9. The third-order valence-corrected chi connectivity index (χ3v) is 8.21. The van der Waals surface area contributed by atoms with Gasteiger partial charge in [0.2, 0.25) is 5.91 Å². The van der Waals surface area contributed by atoms with Gasteiger partial charge in [-0.2, -0.15) is 0 Å². The van der Waals surface area contributed by atoms with E-state index in [1.807, 2.05) is 36.4 Å². The van der Waals surface area contributed by atoms with Crippen LogP contribution < -0.4 is 5.32 Å². The Balaban J connectivity index is 1.35. The number of hydrogen-bond acceptors (Lipinski definition) is 6. The van der Waals surface area contributed by atoms with Crippen molar-refractivity contribution in [3.05, 3.63) is 65.2 Å². The molecule has 7 heteroatoms. The van der Waals surface area contributed by atoms with Crippen LogP contribution in [0.4, 0.5) is 5.69 Å². The standard InChI is InChI=1S/C30H41N3O4/c1-21-28(19-33-17-5-6-27(33)18-32-15-3-4-16-32)36-30(25-11-13-26(14-12-25)31-22(2)35)37-29(21)24-9-7-23(20-34)8-10-24/h7-14,21,27-30,34H,3-6,15-20H2,1-2H3,(H,31,35). The molecule has 0 aromatic heterocycles. The van der Waals surface area contributed by atoms with E-state index in [2.05, 4.69) is 34.2 Å². The van der Waals surface area contributed by atoms with Gasteiger partial charge in [-0.05, 0) is 68.6 Å². The molecule has 5 unspecified atom stereocenters. The summed E-state index contributed by atoms with van der Waals surface area (Å²) in [5, 5.41) is 12.3. The van der Waals surface area contributed by atoms with E-state index in [-0.39, 0.29) is 30.6 Å². The van der Waals surface area contributed by atoms with Gasteiger partial charge in [-0.3, -0.25) is 9.69 Å². The number of aliphatic hydroxyl groups excluding tert-OH is 1. The van der Waals surface area contributed by atoms with Crippen molar-refractivity contribution in [1.82, 2.24) is 9.80 Å². The van der Waals surface area contributed by atoms with E-state index in [1.165, 1.54) is 45.7 Å². The number of likely N-dealkylation sites (tertiary alicyclic amines) is 2. The van der Waals surface area contributed by atoms with Crippen LogP contribution >= 0.6 is 0 Å². The van der Waals surface area contributed by atoms with Crippen LogP contribution in [0, 0.1) is 5.92 Å². The van der Waals surface area contributed by atoms with Crippen LogP contribution in [-0.2, 0) is 20.9 Å². The van der Waals surface area contributed by atoms with E-state index in [9.17, 15) is 9.90 Å². The predicted octanol–water partition coefficient (Wildman–Crippen LogP) is 4.49. The maximum absolute atomic E-state index is 11.4. The SMILES string of the molecule is CC(=O)Nc1ccc(C2OC(CN3CCCC3CN3CCCC3)C(C)C(c3ccc(CO)cc3)O2)cc1. The highest BCUT2D eigenvalue weighted by Gasteiger charge is 2.40. The third-order valence-electron chi connectivity index (χ3n) is 8.21. The van der Waals surface area contributed by atoms with E-state index in [1.54, 1.807) is 0 Å². The Morgan fingerprint density at radius 2 is 1.65 bits per heavy atom. The first-order chi connectivity index (χ1) is 18.0. The highest BCUT2D eigenvalue weighted by atomic mass is 16.7. The summed E-state index contributed by atoms with van der Waals surface area (Å²) in [4.78, 5) is 16.7.